The Morgan fingerprint density at radius 3 is 1.62 bits per heavy atom. The molecule has 0 heteroatoms. The van der Waals surface area contributed by atoms with E-state index in [-0.39, 0.29) is 0 Å². The first-order valence-corrected chi connectivity index (χ1v) is 7.72. The predicted octanol–water partition coefficient (Wildman–Crippen LogP) is 5.81. The highest BCUT2D eigenvalue weighted by molar-refractivity contribution is 4.65. The molecule has 1 saturated carbocycles. The first-order valence-electron chi connectivity index (χ1n) is 7.72. The van der Waals surface area contributed by atoms with Crippen molar-refractivity contribution in [3.05, 3.63) is 0 Å². The Labute approximate surface area is 103 Å². The Bertz CT molecular complexity index is 145. The van der Waals surface area contributed by atoms with Crippen molar-refractivity contribution in [2.45, 2.75) is 85.0 Å². The lowest BCUT2D eigenvalue weighted by Gasteiger charge is -2.21. The SMILES string of the molecule is CCC1CCC(C)CCCCCC(C)CC1. The van der Waals surface area contributed by atoms with Gasteiger partial charge in [0.05, 0.1) is 0 Å². The highest BCUT2D eigenvalue weighted by Crippen LogP contribution is 2.27. The van der Waals surface area contributed by atoms with Gasteiger partial charge >= 0.3 is 0 Å². The largest absolute Gasteiger partial charge is 0.0651 e. The minimum Gasteiger partial charge on any atom is -0.0651 e. The molecule has 2 atom stereocenters. The van der Waals surface area contributed by atoms with Crippen molar-refractivity contribution in [2.24, 2.45) is 17.8 Å². The molecule has 0 spiro atoms. The van der Waals surface area contributed by atoms with Crippen LogP contribution in [0.25, 0.3) is 0 Å². The highest BCUT2D eigenvalue weighted by atomic mass is 14.2. The van der Waals surface area contributed by atoms with Crippen LogP contribution in [0.1, 0.15) is 85.0 Å². The molecule has 0 radical (unpaired) electrons. The van der Waals surface area contributed by atoms with Crippen molar-refractivity contribution in [3.8, 4) is 0 Å². The molecule has 0 N–H and O–H groups in total. The summed E-state index contributed by atoms with van der Waals surface area (Å²) < 4.78 is 0. The van der Waals surface area contributed by atoms with E-state index in [1.165, 1.54) is 64.2 Å². The molecule has 16 heavy (non-hydrogen) atoms. The van der Waals surface area contributed by atoms with E-state index >= 15 is 0 Å². The highest BCUT2D eigenvalue weighted by Gasteiger charge is 2.12. The van der Waals surface area contributed by atoms with Gasteiger partial charge in [-0.3, -0.25) is 0 Å². The Kier molecular flexibility index (Phi) is 7.16. The maximum absolute atomic E-state index is 2.46. The van der Waals surface area contributed by atoms with Gasteiger partial charge in [-0.2, -0.15) is 0 Å². The molecule has 0 aliphatic heterocycles. The van der Waals surface area contributed by atoms with Gasteiger partial charge in [-0.05, 0) is 17.8 Å². The van der Waals surface area contributed by atoms with Crippen LogP contribution in [0.2, 0.25) is 0 Å². The minimum atomic E-state index is 0.978. The van der Waals surface area contributed by atoms with Crippen LogP contribution >= 0.6 is 0 Å². The molecule has 0 heterocycles. The third kappa shape index (κ3) is 5.92. The van der Waals surface area contributed by atoms with Crippen LogP contribution in [-0.2, 0) is 0 Å². The molecule has 96 valence electrons. The summed E-state index contributed by atoms with van der Waals surface area (Å²) in [4.78, 5) is 0. The lowest BCUT2D eigenvalue weighted by molar-refractivity contribution is 0.318. The Balaban J connectivity index is 2.36. The molecule has 0 saturated heterocycles. The van der Waals surface area contributed by atoms with Crippen LogP contribution < -0.4 is 0 Å². The Morgan fingerprint density at radius 1 is 0.688 bits per heavy atom. The predicted molar refractivity (Wildman–Crippen MR) is 73.7 cm³/mol. The maximum Gasteiger partial charge on any atom is -0.0417 e. The smallest absolute Gasteiger partial charge is 0.0417 e. The normalized spacial score (nSPS) is 35.1. The minimum absolute atomic E-state index is 0.978. The maximum atomic E-state index is 2.46. The molecule has 2 unspecified atom stereocenters. The molecule has 1 aliphatic carbocycles. The molecule has 0 aromatic heterocycles. The van der Waals surface area contributed by atoms with Gasteiger partial charge in [-0.15, -0.1) is 0 Å². The van der Waals surface area contributed by atoms with Crippen molar-refractivity contribution < 1.29 is 0 Å². The van der Waals surface area contributed by atoms with E-state index in [0.717, 1.165) is 17.8 Å². The van der Waals surface area contributed by atoms with Crippen LogP contribution in [-0.4, -0.2) is 0 Å². The number of rotatable bonds is 1. The molecule has 0 amide bonds. The second-order valence-electron chi connectivity index (χ2n) is 6.28. The second kappa shape index (κ2) is 8.14. The van der Waals surface area contributed by atoms with Gasteiger partial charge in [-0.1, -0.05) is 85.0 Å². The summed E-state index contributed by atoms with van der Waals surface area (Å²) in [6.07, 6.45) is 14.7. The van der Waals surface area contributed by atoms with Gasteiger partial charge in [0, 0.05) is 0 Å². The Hall–Kier alpha value is 0. The summed E-state index contributed by atoms with van der Waals surface area (Å²) in [5.74, 6) is 2.97. The topological polar surface area (TPSA) is 0 Å². The van der Waals surface area contributed by atoms with Gasteiger partial charge in [0.1, 0.15) is 0 Å². The first kappa shape index (κ1) is 14.1. The zero-order valence-electron chi connectivity index (χ0n) is 11.8. The average molecular weight is 224 g/mol. The zero-order chi connectivity index (χ0) is 11.8. The van der Waals surface area contributed by atoms with Crippen LogP contribution in [0, 0.1) is 17.8 Å². The summed E-state index contributed by atoms with van der Waals surface area (Å²) in [6.45, 7) is 7.30. The second-order valence-corrected chi connectivity index (χ2v) is 6.28. The van der Waals surface area contributed by atoms with Gasteiger partial charge in [0.2, 0.25) is 0 Å². The van der Waals surface area contributed by atoms with Crippen molar-refractivity contribution >= 4 is 0 Å². The average Bonchev–Trinajstić information content (AvgIpc) is 2.27. The van der Waals surface area contributed by atoms with Crippen LogP contribution in [0.15, 0.2) is 0 Å². The lowest BCUT2D eigenvalue weighted by atomic mass is 9.85. The zero-order valence-corrected chi connectivity index (χ0v) is 11.8. The lowest BCUT2D eigenvalue weighted by Crippen LogP contribution is -2.07. The van der Waals surface area contributed by atoms with Crippen LogP contribution in [0.4, 0.5) is 0 Å². The molecule has 0 aromatic rings. The fourth-order valence-corrected chi connectivity index (χ4v) is 3.04. The summed E-state index contributed by atoms with van der Waals surface area (Å²) in [7, 11) is 0. The third-order valence-electron chi connectivity index (χ3n) is 4.61. The number of hydrogen-bond donors (Lipinski definition) is 0. The van der Waals surface area contributed by atoms with E-state index in [1.54, 1.807) is 0 Å². The van der Waals surface area contributed by atoms with Crippen LogP contribution in [0.3, 0.4) is 0 Å². The van der Waals surface area contributed by atoms with E-state index in [4.69, 9.17) is 0 Å². The van der Waals surface area contributed by atoms with Gasteiger partial charge in [-0.25, -0.2) is 0 Å². The molecular formula is C16H32. The quantitative estimate of drug-likeness (QED) is 0.527. The van der Waals surface area contributed by atoms with Crippen molar-refractivity contribution in [3.63, 3.8) is 0 Å². The summed E-state index contributed by atoms with van der Waals surface area (Å²) in [5, 5.41) is 0. The monoisotopic (exact) mass is 224 g/mol. The molecule has 0 bridgehead atoms. The van der Waals surface area contributed by atoms with E-state index in [0.29, 0.717) is 0 Å². The van der Waals surface area contributed by atoms with Crippen molar-refractivity contribution in [2.75, 3.05) is 0 Å². The number of hydrogen-bond acceptors (Lipinski definition) is 0. The summed E-state index contributed by atoms with van der Waals surface area (Å²) in [5.41, 5.74) is 0. The van der Waals surface area contributed by atoms with Crippen molar-refractivity contribution in [1.82, 2.24) is 0 Å². The van der Waals surface area contributed by atoms with Gasteiger partial charge < -0.3 is 0 Å². The van der Waals surface area contributed by atoms with E-state index in [1.807, 2.05) is 0 Å². The van der Waals surface area contributed by atoms with Crippen LogP contribution in [0.5, 0.6) is 0 Å². The van der Waals surface area contributed by atoms with Gasteiger partial charge in [0.25, 0.3) is 0 Å². The summed E-state index contributed by atoms with van der Waals surface area (Å²) >= 11 is 0. The van der Waals surface area contributed by atoms with Gasteiger partial charge in [0.15, 0.2) is 0 Å². The molecular weight excluding hydrogens is 192 g/mol. The molecule has 1 aliphatic rings. The Morgan fingerprint density at radius 2 is 1.19 bits per heavy atom. The first-order chi connectivity index (χ1) is 7.72. The van der Waals surface area contributed by atoms with E-state index in [9.17, 15) is 0 Å². The fourth-order valence-electron chi connectivity index (χ4n) is 3.04. The molecule has 1 fully saturated rings. The van der Waals surface area contributed by atoms with E-state index < -0.39 is 0 Å². The fraction of sp³-hybridized carbons (Fsp3) is 1.00. The molecule has 1 rings (SSSR count). The van der Waals surface area contributed by atoms with Crippen molar-refractivity contribution in [1.29, 1.82) is 0 Å². The molecule has 0 nitrogen and oxygen atoms in total. The third-order valence-corrected chi connectivity index (χ3v) is 4.61. The summed E-state index contributed by atoms with van der Waals surface area (Å²) in [6, 6.07) is 0. The standard InChI is InChI=1S/C16H32/c1-4-16-12-10-14(2)8-6-5-7-9-15(3)11-13-16/h14-16H,4-13H2,1-3H3. The molecule has 0 aromatic carbocycles. The van der Waals surface area contributed by atoms with E-state index in [2.05, 4.69) is 20.8 Å².